The van der Waals surface area contributed by atoms with Crippen molar-refractivity contribution >= 4 is 39.5 Å². The lowest BCUT2D eigenvalue weighted by atomic mass is 10.0. The molecule has 0 saturated heterocycles. The number of hydrogen-bond acceptors (Lipinski definition) is 15. The fourth-order valence-electron chi connectivity index (χ4n) is 11.5. The van der Waals surface area contributed by atoms with Crippen LogP contribution in [0.15, 0.2) is 0 Å². The normalized spacial score (nSPS) is 14.0. The molecule has 0 heterocycles. The summed E-state index contributed by atoms with van der Waals surface area (Å²) in [5.74, 6) is -1.36. The van der Waals surface area contributed by atoms with E-state index in [0.29, 0.717) is 25.7 Å². The Morgan fingerprint density at radius 1 is 0.287 bits per heavy atom. The summed E-state index contributed by atoms with van der Waals surface area (Å²) in [5, 5.41) is 10.6. The van der Waals surface area contributed by atoms with Gasteiger partial charge in [0.15, 0.2) is 12.2 Å². The minimum atomic E-state index is -4.95. The van der Waals surface area contributed by atoms with Crippen molar-refractivity contribution in [2.24, 2.45) is 5.92 Å². The van der Waals surface area contributed by atoms with Crippen LogP contribution in [0.25, 0.3) is 0 Å². The van der Waals surface area contributed by atoms with Gasteiger partial charge in [0.1, 0.15) is 19.3 Å². The number of hydrogen-bond donors (Lipinski definition) is 3. The minimum Gasteiger partial charge on any atom is -0.462 e. The van der Waals surface area contributed by atoms with Gasteiger partial charge in [0, 0.05) is 25.7 Å². The van der Waals surface area contributed by atoms with E-state index < -0.39 is 97.5 Å². The highest BCUT2D eigenvalue weighted by Gasteiger charge is 2.30. The van der Waals surface area contributed by atoms with Gasteiger partial charge in [-0.2, -0.15) is 0 Å². The van der Waals surface area contributed by atoms with Crippen molar-refractivity contribution in [3.05, 3.63) is 0 Å². The molecule has 2 unspecified atom stereocenters. The van der Waals surface area contributed by atoms with Gasteiger partial charge in [0.05, 0.1) is 26.4 Å². The zero-order chi connectivity index (χ0) is 69.1. The molecule has 0 aromatic rings. The fourth-order valence-corrected chi connectivity index (χ4v) is 13.1. The van der Waals surface area contributed by atoms with E-state index in [2.05, 4.69) is 34.6 Å². The largest absolute Gasteiger partial charge is 0.472 e. The average molecular weight is 1380 g/mol. The molecule has 0 saturated carbocycles. The molecule has 0 aliphatic heterocycles. The second-order valence-corrected chi connectivity index (χ2v) is 30.4. The van der Waals surface area contributed by atoms with Crippen LogP contribution in [-0.2, 0) is 65.4 Å². The van der Waals surface area contributed by atoms with Crippen LogP contribution in [0.2, 0.25) is 0 Å². The monoisotopic (exact) mass is 1380 g/mol. The van der Waals surface area contributed by atoms with Crippen molar-refractivity contribution in [1.29, 1.82) is 0 Å². The van der Waals surface area contributed by atoms with E-state index in [-0.39, 0.29) is 25.7 Å². The molecule has 94 heavy (non-hydrogen) atoms. The standard InChI is InChI=1S/C75H146O17P2/c1-6-9-12-15-18-21-23-24-25-26-27-28-29-30-31-32-34-41-46-51-56-61-75(80)92-71(65-86-73(78)59-54-49-44-39-36-35-38-42-47-52-57-68(4)5)67-90-94(83,84)88-63-69(76)62-87-93(81,82)89-66-70(64-85-72(77)58-53-48-43-37-20-17-14-11-8-3)91-74(79)60-55-50-45-40-33-22-19-16-13-10-7-2/h68-71,76H,6-67H2,1-5H3,(H,81,82)(H,83,84)/t69-,70+,71+/m0/s1. The quantitative estimate of drug-likeness (QED) is 0.0222. The summed E-state index contributed by atoms with van der Waals surface area (Å²) in [4.78, 5) is 72.7. The summed E-state index contributed by atoms with van der Waals surface area (Å²) in [6.07, 6.45) is 57.0. The Morgan fingerprint density at radius 2 is 0.489 bits per heavy atom. The maximum absolute atomic E-state index is 13.1. The van der Waals surface area contributed by atoms with Crippen molar-refractivity contribution in [2.45, 2.75) is 412 Å². The summed E-state index contributed by atoms with van der Waals surface area (Å²) in [5.41, 5.74) is 0. The lowest BCUT2D eigenvalue weighted by Gasteiger charge is -2.21. The highest BCUT2D eigenvalue weighted by Crippen LogP contribution is 2.45. The van der Waals surface area contributed by atoms with Crippen LogP contribution < -0.4 is 0 Å². The number of phosphoric acid groups is 2. The maximum Gasteiger partial charge on any atom is 0.472 e. The van der Waals surface area contributed by atoms with E-state index in [1.165, 1.54) is 218 Å². The van der Waals surface area contributed by atoms with Crippen molar-refractivity contribution in [3.63, 3.8) is 0 Å². The Labute approximate surface area is 575 Å². The van der Waals surface area contributed by atoms with E-state index in [0.717, 1.165) is 95.8 Å². The molecule has 0 aromatic heterocycles. The molecular formula is C75H146O17P2. The molecule has 0 spiro atoms. The highest BCUT2D eigenvalue weighted by atomic mass is 31.2. The minimum absolute atomic E-state index is 0.107. The number of carbonyl (C=O) groups excluding carboxylic acids is 4. The molecule has 3 N–H and O–H groups in total. The van der Waals surface area contributed by atoms with E-state index in [1.54, 1.807) is 0 Å². The van der Waals surface area contributed by atoms with Gasteiger partial charge in [0.2, 0.25) is 0 Å². The van der Waals surface area contributed by atoms with Crippen molar-refractivity contribution < 1.29 is 80.2 Å². The number of aliphatic hydroxyl groups excluding tert-OH is 1. The molecule has 0 aliphatic rings. The van der Waals surface area contributed by atoms with Crippen LogP contribution in [0.3, 0.4) is 0 Å². The van der Waals surface area contributed by atoms with Gasteiger partial charge in [0.25, 0.3) is 0 Å². The fraction of sp³-hybridized carbons (Fsp3) is 0.947. The van der Waals surface area contributed by atoms with Crippen molar-refractivity contribution in [2.75, 3.05) is 39.6 Å². The van der Waals surface area contributed by atoms with Gasteiger partial charge in [-0.05, 0) is 31.6 Å². The third kappa shape index (κ3) is 68.6. The second-order valence-electron chi connectivity index (χ2n) is 27.5. The number of esters is 4. The van der Waals surface area contributed by atoms with Crippen LogP contribution >= 0.6 is 15.6 Å². The lowest BCUT2D eigenvalue weighted by Crippen LogP contribution is -2.30. The molecule has 0 amide bonds. The molecule has 558 valence electrons. The van der Waals surface area contributed by atoms with E-state index in [4.69, 9.17) is 37.0 Å². The first-order chi connectivity index (χ1) is 45.5. The smallest absolute Gasteiger partial charge is 0.462 e. The Bertz CT molecular complexity index is 1810. The van der Waals surface area contributed by atoms with Gasteiger partial charge < -0.3 is 33.8 Å². The van der Waals surface area contributed by atoms with Crippen LogP contribution in [-0.4, -0.2) is 96.7 Å². The Balaban J connectivity index is 5.18. The summed E-state index contributed by atoms with van der Waals surface area (Å²) in [6, 6.07) is 0. The topological polar surface area (TPSA) is 237 Å². The van der Waals surface area contributed by atoms with Crippen molar-refractivity contribution in [3.8, 4) is 0 Å². The summed E-state index contributed by atoms with van der Waals surface area (Å²) in [7, 11) is -9.90. The number of unbranched alkanes of at least 4 members (excludes halogenated alkanes) is 47. The third-order valence-corrected chi connectivity index (χ3v) is 19.4. The maximum atomic E-state index is 13.1. The number of aliphatic hydroxyl groups is 1. The first kappa shape index (κ1) is 92.1. The molecule has 0 fully saturated rings. The predicted octanol–water partition coefficient (Wildman–Crippen LogP) is 22.1. The van der Waals surface area contributed by atoms with E-state index in [9.17, 15) is 43.2 Å². The molecule has 17 nitrogen and oxygen atoms in total. The van der Waals surface area contributed by atoms with Crippen LogP contribution in [0.4, 0.5) is 0 Å². The SMILES string of the molecule is CCCCCCCCCCCCCCCCCCCCCCCC(=O)O[C@H](COC(=O)CCCCCCCCCCCCC(C)C)COP(=O)(O)OC[C@@H](O)COP(=O)(O)OC[C@@H](COC(=O)CCCCCCCCCCC)OC(=O)CCCCCCCCCCCCC. The van der Waals surface area contributed by atoms with Crippen LogP contribution in [0.5, 0.6) is 0 Å². The van der Waals surface area contributed by atoms with E-state index in [1.807, 2.05) is 0 Å². The van der Waals surface area contributed by atoms with Crippen LogP contribution in [0.1, 0.15) is 394 Å². The molecule has 0 aliphatic carbocycles. The Morgan fingerprint density at radius 3 is 0.723 bits per heavy atom. The number of phosphoric ester groups is 2. The number of ether oxygens (including phenoxy) is 4. The first-order valence-corrected chi connectivity index (χ1v) is 42.1. The summed E-state index contributed by atoms with van der Waals surface area (Å²) < 4.78 is 68.4. The number of rotatable bonds is 75. The molecule has 19 heteroatoms. The van der Waals surface area contributed by atoms with Gasteiger partial charge in [-0.15, -0.1) is 0 Å². The van der Waals surface area contributed by atoms with Gasteiger partial charge in [-0.25, -0.2) is 9.13 Å². The van der Waals surface area contributed by atoms with Gasteiger partial charge in [-0.3, -0.25) is 37.3 Å². The lowest BCUT2D eigenvalue weighted by molar-refractivity contribution is -0.161. The summed E-state index contributed by atoms with van der Waals surface area (Å²) >= 11 is 0. The molecule has 5 atom stereocenters. The zero-order valence-electron chi connectivity index (χ0n) is 61.1. The molecular weight excluding hydrogens is 1230 g/mol. The molecule has 0 radical (unpaired) electrons. The van der Waals surface area contributed by atoms with E-state index >= 15 is 0 Å². The Hall–Kier alpha value is -1.94. The first-order valence-electron chi connectivity index (χ1n) is 39.1. The van der Waals surface area contributed by atoms with Crippen LogP contribution in [0, 0.1) is 5.92 Å². The van der Waals surface area contributed by atoms with Gasteiger partial charge in [-0.1, -0.05) is 343 Å². The second kappa shape index (κ2) is 68.2. The average Bonchev–Trinajstić information content (AvgIpc) is 1.95. The van der Waals surface area contributed by atoms with Gasteiger partial charge >= 0.3 is 39.5 Å². The summed E-state index contributed by atoms with van der Waals surface area (Å²) in [6.45, 7) is 7.26. The Kier molecular flexibility index (Phi) is 66.8. The third-order valence-electron chi connectivity index (χ3n) is 17.5. The molecule has 0 bridgehead atoms. The zero-order valence-corrected chi connectivity index (χ0v) is 62.9. The molecule has 0 rings (SSSR count). The number of carbonyl (C=O) groups is 4. The highest BCUT2D eigenvalue weighted by molar-refractivity contribution is 7.47. The molecule has 0 aromatic carbocycles. The predicted molar refractivity (Wildman–Crippen MR) is 382 cm³/mol. The van der Waals surface area contributed by atoms with Crippen molar-refractivity contribution in [1.82, 2.24) is 0 Å².